The van der Waals surface area contributed by atoms with E-state index in [2.05, 4.69) is 37.2 Å². The van der Waals surface area contributed by atoms with Crippen LogP contribution in [0.2, 0.25) is 0 Å². The molecular formula is C14H14Br2N2OS. The van der Waals surface area contributed by atoms with Gasteiger partial charge in [0, 0.05) is 22.9 Å². The van der Waals surface area contributed by atoms with Gasteiger partial charge in [-0.2, -0.15) is 0 Å². The van der Waals surface area contributed by atoms with Gasteiger partial charge in [-0.05, 0) is 45.8 Å². The quantitative estimate of drug-likeness (QED) is 0.773. The third kappa shape index (κ3) is 4.61. The maximum atomic E-state index is 12.0. The van der Waals surface area contributed by atoms with Gasteiger partial charge < -0.3 is 10.2 Å². The number of hydrogen-bond donors (Lipinski definition) is 1. The van der Waals surface area contributed by atoms with E-state index in [4.69, 9.17) is 0 Å². The van der Waals surface area contributed by atoms with Crippen LogP contribution in [-0.4, -0.2) is 18.0 Å². The number of carbonyl (C=O) groups is 1. The van der Waals surface area contributed by atoms with Crippen molar-refractivity contribution < 1.29 is 4.79 Å². The van der Waals surface area contributed by atoms with Crippen LogP contribution in [0.3, 0.4) is 0 Å². The average molecular weight is 418 g/mol. The topological polar surface area (TPSA) is 32.3 Å². The van der Waals surface area contributed by atoms with E-state index in [-0.39, 0.29) is 6.03 Å². The Kier molecular flexibility index (Phi) is 5.63. The molecule has 3 nitrogen and oxygen atoms in total. The number of urea groups is 1. The van der Waals surface area contributed by atoms with Crippen LogP contribution in [0.1, 0.15) is 10.4 Å². The van der Waals surface area contributed by atoms with Gasteiger partial charge in [-0.25, -0.2) is 4.79 Å². The average Bonchev–Trinajstić information content (AvgIpc) is 2.81. The highest BCUT2D eigenvalue weighted by Gasteiger charge is 2.09. The maximum absolute atomic E-state index is 12.0. The Hall–Kier alpha value is -0.850. The Bertz CT molecular complexity index is 600. The zero-order valence-corrected chi connectivity index (χ0v) is 14.9. The van der Waals surface area contributed by atoms with Crippen LogP contribution in [0, 0.1) is 0 Å². The molecule has 106 valence electrons. The minimum atomic E-state index is -0.0745. The lowest BCUT2D eigenvalue weighted by Gasteiger charge is -2.17. The molecule has 0 bridgehead atoms. The minimum Gasteiger partial charge on any atom is -0.334 e. The number of nitrogens with one attached hydrogen (secondary N) is 1. The highest BCUT2D eigenvalue weighted by molar-refractivity contribution is 9.11. The molecule has 0 saturated heterocycles. The molecule has 0 unspecified atom stereocenters. The molecule has 20 heavy (non-hydrogen) atoms. The van der Waals surface area contributed by atoms with Crippen LogP contribution in [0.25, 0.3) is 0 Å². The fourth-order valence-electron chi connectivity index (χ4n) is 1.70. The zero-order chi connectivity index (χ0) is 14.5. The van der Waals surface area contributed by atoms with Gasteiger partial charge in [0.2, 0.25) is 0 Å². The lowest BCUT2D eigenvalue weighted by atomic mass is 10.2. The van der Waals surface area contributed by atoms with Gasteiger partial charge in [0.05, 0.1) is 10.3 Å². The van der Waals surface area contributed by atoms with E-state index in [1.54, 1.807) is 23.3 Å². The molecule has 0 fully saturated rings. The first-order chi connectivity index (χ1) is 9.54. The largest absolute Gasteiger partial charge is 0.334 e. The predicted molar refractivity (Wildman–Crippen MR) is 89.9 cm³/mol. The smallest absolute Gasteiger partial charge is 0.317 e. The standard InChI is InChI=1S/C14H14Br2N2OS/c1-18(9-12-5-6-13(16)20-12)14(19)17-8-10-3-2-4-11(15)7-10/h2-7H,8-9H2,1H3,(H,17,19). The summed E-state index contributed by atoms with van der Waals surface area (Å²) >= 11 is 8.48. The van der Waals surface area contributed by atoms with Gasteiger partial charge in [-0.1, -0.05) is 28.1 Å². The van der Waals surface area contributed by atoms with Crippen molar-refractivity contribution in [1.29, 1.82) is 0 Å². The molecule has 0 atom stereocenters. The fraction of sp³-hybridized carbons (Fsp3) is 0.214. The number of nitrogens with zero attached hydrogens (tertiary/aromatic N) is 1. The SMILES string of the molecule is CN(Cc1ccc(Br)s1)C(=O)NCc1cccc(Br)c1. The van der Waals surface area contributed by atoms with Crippen molar-refractivity contribution in [3.05, 3.63) is 55.1 Å². The molecule has 1 heterocycles. The number of amides is 2. The second-order valence-electron chi connectivity index (χ2n) is 4.35. The molecule has 2 amide bonds. The van der Waals surface area contributed by atoms with Gasteiger partial charge in [0.1, 0.15) is 0 Å². The molecule has 1 aromatic heterocycles. The van der Waals surface area contributed by atoms with E-state index in [9.17, 15) is 4.79 Å². The van der Waals surface area contributed by atoms with Crippen molar-refractivity contribution in [3.8, 4) is 0 Å². The van der Waals surface area contributed by atoms with Gasteiger partial charge in [-0.3, -0.25) is 0 Å². The second kappa shape index (κ2) is 7.24. The fourth-order valence-corrected chi connectivity index (χ4v) is 3.69. The number of halogens is 2. The van der Waals surface area contributed by atoms with E-state index in [0.29, 0.717) is 13.1 Å². The van der Waals surface area contributed by atoms with Crippen molar-refractivity contribution >= 4 is 49.2 Å². The summed E-state index contributed by atoms with van der Waals surface area (Å²) in [5.74, 6) is 0. The first-order valence-corrected chi connectivity index (χ1v) is 8.42. The molecular weight excluding hydrogens is 404 g/mol. The molecule has 0 aliphatic carbocycles. The molecule has 2 aromatic rings. The molecule has 1 N–H and O–H groups in total. The van der Waals surface area contributed by atoms with Crippen molar-refractivity contribution in [2.24, 2.45) is 0 Å². The number of hydrogen-bond acceptors (Lipinski definition) is 2. The second-order valence-corrected chi connectivity index (χ2v) is 7.81. The molecule has 2 rings (SSSR count). The van der Waals surface area contributed by atoms with Gasteiger partial charge in [-0.15, -0.1) is 11.3 Å². The summed E-state index contributed by atoms with van der Waals surface area (Å²) in [6, 6.07) is 11.8. The number of carbonyl (C=O) groups excluding carboxylic acids is 1. The minimum absolute atomic E-state index is 0.0745. The maximum Gasteiger partial charge on any atom is 0.317 e. The van der Waals surface area contributed by atoms with Crippen molar-refractivity contribution in [3.63, 3.8) is 0 Å². The normalized spacial score (nSPS) is 10.3. The molecule has 1 aromatic carbocycles. The Labute approximate surface area is 139 Å². The molecule has 0 saturated carbocycles. The van der Waals surface area contributed by atoms with E-state index in [0.717, 1.165) is 18.7 Å². The summed E-state index contributed by atoms with van der Waals surface area (Å²) in [7, 11) is 1.80. The van der Waals surface area contributed by atoms with Gasteiger partial charge in [0.15, 0.2) is 0 Å². The highest BCUT2D eigenvalue weighted by Crippen LogP contribution is 2.22. The molecule has 0 radical (unpaired) electrons. The number of thiophene rings is 1. The first kappa shape index (κ1) is 15.5. The van der Waals surface area contributed by atoms with Gasteiger partial charge in [0.25, 0.3) is 0 Å². The number of rotatable bonds is 4. The van der Waals surface area contributed by atoms with Crippen LogP contribution in [0.5, 0.6) is 0 Å². The summed E-state index contributed by atoms with van der Waals surface area (Å²) in [4.78, 5) is 14.8. The van der Waals surface area contributed by atoms with E-state index >= 15 is 0 Å². The van der Waals surface area contributed by atoms with Crippen molar-refractivity contribution in [2.45, 2.75) is 13.1 Å². The predicted octanol–water partition coefficient (Wildman–Crippen LogP) is 4.61. The lowest BCUT2D eigenvalue weighted by molar-refractivity contribution is 0.207. The van der Waals surface area contributed by atoms with Crippen molar-refractivity contribution in [1.82, 2.24) is 10.2 Å². The lowest BCUT2D eigenvalue weighted by Crippen LogP contribution is -2.36. The monoisotopic (exact) mass is 416 g/mol. The Balaban J connectivity index is 1.85. The third-order valence-corrected chi connectivity index (χ3v) is 4.80. The van der Waals surface area contributed by atoms with Crippen LogP contribution in [0.15, 0.2) is 44.7 Å². The third-order valence-electron chi connectivity index (χ3n) is 2.70. The summed E-state index contributed by atoms with van der Waals surface area (Å²) in [5.41, 5.74) is 1.07. The summed E-state index contributed by atoms with van der Waals surface area (Å²) in [6.07, 6.45) is 0. The highest BCUT2D eigenvalue weighted by atomic mass is 79.9. The van der Waals surface area contributed by atoms with E-state index in [1.165, 1.54) is 0 Å². The van der Waals surface area contributed by atoms with Crippen LogP contribution >= 0.6 is 43.2 Å². The van der Waals surface area contributed by atoms with Crippen LogP contribution in [-0.2, 0) is 13.1 Å². The molecule has 6 heteroatoms. The zero-order valence-electron chi connectivity index (χ0n) is 10.9. The van der Waals surface area contributed by atoms with Crippen molar-refractivity contribution in [2.75, 3.05) is 7.05 Å². The van der Waals surface area contributed by atoms with E-state index in [1.807, 2.05) is 36.4 Å². The van der Waals surface area contributed by atoms with Crippen LogP contribution < -0.4 is 5.32 Å². The van der Waals surface area contributed by atoms with Gasteiger partial charge >= 0.3 is 6.03 Å². The Morgan fingerprint density at radius 2 is 2.10 bits per heavy atom. The number of benzene rings is 1. The molecule has 0 spiro atoms. The molecule has 0 aliphatic heterocycles. The summed E-state index contributed by atoms with van der Waals surface area (Å²) < 4.78 is 2.09. The molecule has 0 aliphatic rings. The summed E-state index contributed by atoms with van der Waals surface area (Å²) in [6.45, 7) is 1.14. The Morgan fingerprint density at radius 3 is 2.75 bits per heavy atom. The summed E-state index contributed by atoms with van der Waals surface area (Å²) in [5, 5.41) is 2.91. The van der Waals surface area contributed by atoms with E-state index < -0.39 is 0 Å². The van der Waals surface area contributed by atoms with Crippen LogP contribution in [0.4, 0.5) is 4.79 Å². The Morgan fingerprint density at radius 1 is 1.30 bits per heavy atom. The first-order valence-electron chi connectivity index (χ1n) is 6.02.